The Kier molecular flexibility index (Phi) is 3.17. The first-order valence-corrected chi connectivity index (χ1v) is 6.21. The van der Waals surface area contributed by atoms with E-state index in [2.05, 4.69) is 48.6 Å². The van der Waals surface area contributed by atoms with Gasteiger partial charge in [-0.1, -0.05) is 22.0 Å². The summed E-state index contributed by atoms with van der Waals surface area (Å²) in [6, 6.07) is 3.99. The normalized spacial score (nSPS) is 10.4. The first kappa shape index (κ1) is 10.1. The largest absolute Gasteiger partial charge is 0.237 e. The standard InChI is InChI=1S/C9H7BrIN3/c10-3-7-1-2-9(12-4-7)14-6-8(11)5-13-14/h1-2,4-6H,3H2. The number of halogens is 2. The molecule has 0 saturated heterocycles. The monoisotopic (exact) mass is 363 g/mol. The minimum absolute atomic E-state index is 0.830. The van der Waals surface area contributed by atoms with Crippen molar-refractivity contribution in [2.45, 2.75) is 5.33 Å². The summed E-state index contributed by atoms with van der Waals surface area (Å²) in [4.78, 5) is 4.30. The second-order valence-electron chi connectivity index (χ2n) is 2.76. The molecule has 0 aliphatic rings. The van der Waals surface area contributed by atoms with Gasteiger partial charge in [0.15, 0.2) is 5.82 Å². The van der Waals surface area contributed by atoms with Gasteiger partial charge < -0.3 is 0 Å². The average molecular weight is 364 g/mol. The molecule has 0 amide bonds. The zero-order valence-electron chi connectivity index (χ0n) is 7.19. The fraction of sp³-hybridized carbons (Fsp3) is 0.111. The van der Waals surface area contributed by atoms with E-state index in [9.17, 15) is 0 Å². The van der Waals surface area contributed by atoms with Crippen LogP contribution in [-0.2, 0) is 5.33 Å². The fourth-order valence-corrected chi connectivity index (χ4v) is 1.78. The fourth-order valence-electron chi connectivity index (χ4n) is 1.06. The van der Waals surface area contributed by atoms with E-state index in [4.69, 9.17) is 0 Å². The van der Waals surface area contributed by atoms with Gasteiger partial charge in [0, 0.05) is 17.7 Å². The SMILES string of the molecule is BrCc1ccc(-n2cc(I)cn2)nc1. The second-order valence-corrected chi connectivity index (χ2v) is 4.57. The van der Waals surface area contributed by atoms with Crippen LogP contribution in [0.2, 0.25) is 0 Å². The van der Waals surface area contributed by atoms with Gasteiger partial charge in [-0.2, -0.15) is 5.10 Å². The second kappa shape index (κ2) is 4.39. The van der Waals surface area contributed by atoms with Crippen molar-refractivity contribution in [3.8, 4) is 5.82 Å². The Morgan fingerprint density at radius 1 is 1.36 bits per heavy atom. The number of rotatable bonds is 2. The minimum Gasteiger partial charge on any atom is -0.237 e. The van der Waals surface area contributed by atoms with Gasteiger partial charge in [0.2, 0.25) is 0 Å². The lowest BCUT2D eigenvalue weighted by Crippen LogP contribution is -1.97. The molecule has 2 heterocycles. The molecule has 0 atom stereocenters. The molecule has 0 aliphatic heterocycles. The van der Waals surface area contributed by atoms with Crippen LogP contribution in [0.15, 0.2) is 30.7 Å². The van der Waals surface area contributed by atoms with Crippen LogP contribution in [0.3, 0.4) is 0 Å². The van der Waals surface area contributed by atoms with Gasteiger partial charge in [0.05, 0.1) is 9.77 Å². The number of nitrogens with zero attached hydrogens (tertiary/aromatic N) is 3. The van der Waals surface area contributed by atoms with Crippen LogP contribution in [0, 0.1) is 3.57 Å². The summed E-state index contributed by atoms with van der Waals surface area (Å²) in [6.07, 6.45) is 5.59. The molecule has 0 spiro atoms. The highest BCUT2D eigenvalue weighted by atomic mass is 127. The van der Waals surface area contributed by atoms with E-state index < -0.39 is 0 Å². The lowest BCUT2D eigenvalue weighted by atomic mass is 10.3. The van der Waals surface area contributed by atoms with Gasteiger partial charge in [-0.25, -0.2) is 9.67 Å². The van der Waals surface area contributed by atoms with Crippen LogP contribution in [0.1, 0.15) is 5.56 Å². The molecule has 0 unspecified atom stereocenters. The predicted octanol–water partition coefficient (Wildman–Crippen LogP) is 2.77. The first-order chi connectivity index (χ1) is 6.79. The van der Waals surface area contributed by atoms with E-state index in [0.29, 0.717) is 0 Å². The molecular formula is C9H7BrIN3. The highest BCUT2D eigenvalue weighted by molar-refractivity contribution is 14.1. The smallest absolute Gasteiger partial charge is 0.153 e. The van der Waals surface area contributed by atoms with Gasteiger partial charge >= 0.3 is 0 Å². The maximum Gasteiger partial charge on any atom is 0.153 e. The van der Waals surface area contributed by atoms with E-state index in [1.165, 1.54) is 0 Å². The van der Waals surface area contributed by atoms with Gasteiger partial charge in [-0.05, 0) is 34.2 Å². The molecule has 2 aromatic rings. The number of hydrogen-bond acceptors (Lipinski definition) is 2. The molecule has 0 N–H and O–H groups in total. The molecule has 72 valence electrons. The molecule has 5 heteroatoms. The van der Waals surface area contributed by atoms with Crippen molar-refractivity contribution in [1.82, 2.24) is 14.8 Å². The van der Waals surface area contributed by atoms with Crippen molar-refractivity contribution >= 4 is 38.5 Å². The summed E-state index contributed by atoms with van der Waals surface area (Å²) < 4.78 is 2.87. The number of pyridine rings is 1. The lowest BCUT2D eigenvalue weighted by molar-refractivity contribution is 0.845. The van der Waals surface area contributed by atoms with Crippen LogP contribution in [0.4, 0.5) is 0 Å². The molecule has 0 aliphatic carbocycles. The lowest BCUT2D eigenvalue weighted by Gasteiger charge is -2.00. The molecule has 3 nitrogen and oxygen atoms in total. The van der Waals surface area contributed by atoms with E-state index in [1.54, 1.807) is 10.9 Å². The van der Waals surface area contributed by atoms with Crippen molar-refractivity contribution in [2.75, 3.05) is 0 Å². The zero-order chi connectivity index (χ0) is 9.97. The highest BCUT2D eigenvalue weighted by Gasteiger charge is 1.99. The summed E-state index contributed by atoms with van der Waals surface area (Å²) in [5.74, 6) is 0.845. The Morgan fingerprint density at radius 3 is 2.71 bits per heavy atom. The van der Waals surface area contributed by atoms with Crippen molar-refractivity contribution in [1.29, 1.82) is 0 Å². The Labute approximate surface area is 104 Å². The maximum atomic E-state index is 4.30. The molecule has 2 rings (SSSR count). The summed E-state index contributed by atoms with van der Waals surface area (Å²) in [5, 5.41) is 5.01. The van der Waals surface area contributed by atoms with Crippen LogP contribution in [0.25, 0.3) is 5.82 Å². The molecule has 0 fully saturated rings. The van der Waals surface area contributed by atoms with E-state index in [1.807, 2.05) is 24.5 Å². The summed E-state index contributed by atoms with van der Waals surface area (Å²) in [5.41, 5.74) is 1.16. The van der Waals surface area contributed by atoms with Crippen LogP contribution < -0.4 is 0 Å². The van der Waals surface area contributed by atoms with Crippen molar-refractivity contribution in [3.63, 3.8) is 0 Å². The van der Waals surface area contributed by atoms with E-state index in [0.717, 1.165) is 20.3 Å². The Morgan fingerprint density at radius 2 is 2.21 bits per heavy atom. The molecule has 0 saturated carbocycles. The molecule has 0 aromatic carbocycles. The van der Waals surface area contributed by atoms with Crippen LogP contribution in [0.5, 0.6) is 0 Å². The molecule has 0 bridgehead atoms. The van der Waals surface area contributed by atoms with Crippen molar-refractivity contribution < 1.29 is 0 Å². The van der Waals surface area contributed by atoms with Gasteiger partial charge in [0.1, 0.15) is 0 Å². The Bertz CT molecular complexity index is 424. The predicted molar refractivity (Wildman–Crippen MR) is 66.7 cm³/mol. The topological polar surface area (TPSA) is 30.7 Å². The summed E-state index contributed by atoms with van der Waals surface area (Å²) in [6.45, 7) is 0. The summed E-state index contributed by atoms with van der Waals surface area (Å²) in [7, 11) is 0. The first-order valence-electron chi connectivity index (χ1n) is 4.01. The summed E-state index contributed by atoms with van der Waals surface area (Å²) >= 11 is 5.60. The average Bonchev–Trinajstić information content (AvgIpc) is 2.65. The molecule has 0 radical (unpaired) electrons. The van der Waals surface area contributed by atoms with Gasteiger partial charge in [-0.3, -0.25) is 0 Å². The van der Waals surface area contributed by atoms with E-state index in [-0.39, 0.29) is 0 Å². The molecule has 2 aromatic heterocycles. The van der Waals surface area contributed by atoms with Crippen LogP contribution >= 0.6 is 38.5 Å². The third-order valence-electron chi connectivity index (χ3n) is 1.75. The van der Waals surface area contributed by atoms with Crippen molar-refractivity contribution in [3.05, 3.63) is 39.9 Å². The number of hydrogen-bond donors (Lipinski definition) is 0. The number of aromatic nitrogens is 3. The Hall–Kier alpha value is -0.430. The molecule has 14 heavy (non-hydrogen) atoms. The van der Waals surface area contributed by atoms with Gasteiger partial charge in [-0.15, -0.1) is 0 Å². The minimum atomic E-state index is 0.830. The van der Waals surface area contributed by atoms with Gasteiger partial charge in [0.25, 0.3) is 0 Å². The van der Waals surface area contributed by atoms with E-state index >= 15 is 0 Å². The van der Waals surface area contributed by atoms with Crippen LogP contribution in [-0.4, -0.2) is 14.8 Å². The number of alkyl halides is 1. The maximum absolute atomic E-state index is 4.30. The zero-order valence-corrected chi connectivity index (χ0v) is 10.9. The van der Waals surface area contributed by atoms with Crippen molar-refractivity contribution in [2.24, 2.45) is 0 Å². The highest BCUT2D eigenvalue weighted by Crippen LogP contribution is 2.09. The third-order valence-corrected chi connectivity index (χ3v) is 2.95. The third kappa shape index (κ3) is 2.14. The Balaban J connectivity index is 2.33. The molecular weight excluding hydrogens is 357 g/mol. The quantitative estimate of drug-likeness (QED) is 0.606.